The zero-order valence-electron chi connectivity index (χ0n) is 15.0. The number of thiazole rings is 1. The molecule has 1 aliphatic heterocycles. The number of fused-ring (bicyclic) bond motifs is 1. The number of aromatic nitrogens is 1. The number of carbonyl (C=O) groups is 1. The molecule has 1 saturated heterocycles. The maximum absolute atomic E-state index is 12.5. The molecule has 4 nitrogen and oxygen atoms in total. The van der Waals surface area contributed by atoms with Crippen molar-refractivity contribution in [3.05, 3.63) is 23.8 Å². The second-order valence-electron chi connectivity index (χ2n) is 7.40. The average molecular weight is 358 g/mol. The highest BCUT2D eigenvalue weighted by Gasteiger charge is 2.28. The number of hydrogen-bond acceptors (Lipinski definition) is 4. The number of nitrogens with one attached hydrogen (secondary N) is 1. The van der Waals surface area contributed by atoms with Crippen LogP contribution in [0.1, 0.15) is 51.0 Å². The lowest BCUT2D eigenvalue weighted by Crippen LogP contribution is -2.43. The van der Waals surface area contributed by atoms with Crippen molar-refractivity contribution in [2.45, 2.75) is 57.9 Å². The monoisotopic (exact) mass is 357 g/mol. The second kappa shape index (κ2) is 7.32. The summed E-state index contributed by atoms with van der Waals surface area (Å²) in [7, 11) is 0. The molecule has 134 valence electrons. The molecule has 1 saturated carbocycles. The Balaban J connectivity index is 1.37. The summed E-state index contributed by atoms with van der Waals surface area (Å²) in [5.74, 6) is 0.460. The Labute approximate surface area is 153 Å². The smallest absolute Gasteiger partial charge is 0.223 e. The van der Waals surface area contributed by atoms with Crippen LogP contribution in [0.4, 0.5) is 5.13 Å². The Morgan fingerprint density at radius 1 is 1.24 bits per heavy atom. The van der Waals surface area contributed by atoms with E-state index in [2.05, 4.69) is 35.3 Å². The Bertz CT molecular complexity index is 742. The van der Waals surface area contributed by atoms with E-state index >= 15 is 0 Å². The van der Waals surface area contributed by atoms with E-state index in [-0.39, 0.29) is 11.8 Å². The van der Waals surface area contributed by atoms with E-state index in [1.54, 1.807) is 11.3 Å². The molecule has 1 amide bonds. The summed E-state index contributed by atoms with van der Waals surface area (Å²) in [5.41, 5.74) is 2.45. The molecule has 25 heavy (non-hydrogen) atoms. The van der Waals surface area contributed by atoms with Gasteiger partial charge in [0, 0.05) is 25.0 Å². The highest BCUT2D eigenvalue weighted by molar-refractivity contribution is 7.22. The Morgan fingerprint density at radius 2 is 2.00 bits per heavy atom. The van der Waals surface area contributed by atoms with Gasteiger partial charge in [0.25, 0.3) is 0 Å². The first kappa shape index (κ1) is 16.8. The van der Waals surface area contributed by atoms with Gasteiger partial charge in [-0.2, -0.15) is 0 Å². The summed E-state index contributed by atoms with van der Waals surface area (Å²) in [6.45, 7) is 4.04. The van der Waals surface area contributed by atoms with Crippen LogP contribution in [0.25, 0.3) is 10.2 Å². The fraction of sp³-hybridized carbons (Fsp3) is 0.600. The van der Waals surface area contributed by atoms with Crippen molar-refractivity contribution in [1.29, 1.82) is 0 Å². The topological polar surface area (TPSA) is 45.2 Å². The molecule has 1 aliphatic carbocycles. The molecular weight excluding hydrogens is 330 g/mol. The van der Waals surface area contributed by atoms with Crippen molar-refractivity contribution >= 4 is 32.6 Å². The Hall–Kier alpha value is -1.62. The number of aryl methyl sites for hydroxylation is 1. The van der Waals surface area contributed by atoms with Crippen molar-refractivity contribution in [3.63, 3.8) is 0 Å². The minimum Gasteiger partial charge on any atom is -0.353 e. The number of carbonyl (C=O) groups excluding carboxylic acids is 1. The Kier molecular flexibility index (Phi) is 4.93. The predicted octanol–water partition coefficient (Wildman–Crippen LogP) is 4.13. The van der Waals surface area contributed by atoms with Gasteiger partial charge in [-0.1, -0.05) is 37.2 Å². The lowest BCUT2D eigenvalue weighted by atomic mass is 9.96. The maximum atomic E-state index is 12.5. The van der Waals surface area contributed by atoms with Gasteiger partial charge >= 0.3 is 0 Å². The standard InChI is InChI=1S/C20H27N3OS/c1-2-14-7-8-18-17(13-14)22-20(25-18)23-11-9-15(10-12-23)19(24)21-16-5-3-4-6-16/h7-8,13,15-16H,2-6,9-12H2,1H3,(H,21,24). The van der Waals surface area contributed by atoms with Crippen molar-refractivity contribution in [1.82, 2.24) is 10.3 Å². The third-order valence-corrected chi connectivity index (χ3v) is 6.78. The van der Waals surface area contributed by atoms with Crippen LogP contribution in [0.15, 0.2) is 18.2 Å². The van der Waals surface area contributed by atoms with Crippen LogP contribution >= 0.6 is 11.3 Å². The average Bonchev–Trinajstić information content (AvgIpc) is 3.30. The largest absolute Gasteiger partial charge is 0.353 e. The number of nitrogens with zero attached hydrogens (tertiary/aromatic N) is 2. The minimum absolute atomic E-state index is 0.179. The van der Waals surface area contributed by atoms with E-state index in [0.29, 0.717) is 6.04 Å². The fourth-order valence-corrected chi connectivity index (χ4v) is 5.04. The van der Waals surface area contributed by atoms with Gasteiger partial charge in [0.05, 0.1) is 10.2 Å². The molecule has 0 radical (unpaired) electrons. The van der Waals surface area contributed by atoms with Gasteiger partial charge in [-0.3, -0.25) is 4.79 Å². The molecule has 1 aromatic heterocycles. The molecule has 0 spiro atoms. The molecular formula is C20H27N3OS. The van der Waals surface area contributed by atoms with Gasteiger partial charge in [-0.15, -0.1) is 0 Å². The van der Waals surface area contributed by atoms with E-state index in [1.807, 2.05) is 0 Å². The highest BCUT2D eigenvalue weighted by atomic mass is 32.1. The van der Waals surface area contributed by atoms with Gasteiger partial charge in [-0.05, 0) is 49.8 Å². The number of hydrogen-bond donors (Lipinski definition) is 1. The summed E-state index contributed by atoms with van der Waals surface area (Å²) in [4.78, 5) is 19.7. The summed E-state index contributed by atoms with van der Waals surface area (Å²) in [6.07, 6.45) is 7.78. The molecule has 5 heteroatoms. The summed E-state index contributed by atoms with van der Waals surface area (Å²) in [6, 6.07) is 7.03. The molecule has 0 bridgehead atoms. The molecule has 2 aromatic rings. The van der Waals surface area contributed by atoms with Crippen molar-refractivity contribution in [2.75, 3.05) is 18.0 Å². The molecule has 1 N–H and O–H groups in total. The maximum Gasteiger partial charge on any atom is 0.223 e. The first-order valence-corrected chi connectivity index (χ1v) is 10.5. The van der Waals surface area contributed by atoms with E-state index in [4.69, 9.17) is 4.98 Å². The van der Waals surface area contributed by atoms with Gasteiger partial charge in [-0.25, -0.2) is 4.98 Å². The zero-order valence-corrected chi connectivity index (χ0v) is 15.8. The van der Waals surface area contributed by atoms with Crippen LogP contribution in [0.2, 0.25) is 0 Å². The molecule has 2 aliphatic rings. The first-order chi connectivity index (χ1) is 12.2. The fourth-order valence-electron chi connectivity index (χ4n) is 4.04. The highest BCUT2D eigenvalue weighted by Crippen LogP contribution is 2.32. The lowest BCUT2D eigenvalue weighted by Gasteiger charge is -2.31. The SMILES string of the molecule is CCc1ccc2sc(N3CCC(C(=O)NC4CCCC4)CC3)nc2c1. The molecule has 2 fully saturated rings. The third-order valence-electron chi connectivity index (χ3n) is 5.69. The van der Waals surface area contributed by atoms with Gasteiger partial charge in [0.2, 0.25) is 5.91 Å². The molecule has 0 atom stereocenters. The molecule has 1 aromatic carbocycles. The van der Waals surface area contributed by atoms with Crippen LogP contribution in [0.3, 0.4) is 0 Å². The Morgan fingerprint density at radius 3 is 2.72 bits per heavy atom. The number of rotatable bonds is 4. The number of amides is 1. The number of benzene rings is 1. The van der Waals surface area contributed by atoms with Gasteiger partial charge in [0.15, 0.2) is 5.13 Å². The number of piperidine rings is 1. The summed E-state index contributed by atoms with van der Waals surface area (Å²) in [5, 5.41) is 4.38. The van der Waals surface area contributed by atoms with E-state index < -0.39 is 0 Å². The van der Waals surface area contributed by atoms with Crippen LogP contribution in [-0.2, 0) is 11.2 Å². The molecule has 2 heterocycles. The molecule has 0 unspecified atom stereocenters. The third kappa shape index (κ3) is 3.66. The predicted molar refractivity (Wildman–Crippen MR) is 104 cm³/mol. The molecule has 4 rings (SSSR count). The van der Waals surface area contributed by atoms with Crippen LogP contribution in [0.5, 0.6) is 0 Å². The quantitative estimate of drug-likeness (QED) is 0.895. The van der Waals surface area contributed by atoms with E-state index in [9.17, 15) is 4.79 Å². The number of anilines is 1. The zero-order chi connectivity index (χ0) is 17.2. The minimum atomic E-state index is 0.179. The summed E-state index contributed by atoms with van der Waals surface area (Å²) >= 11 is 1.77. The van der Waals surface area contributed by atoms with Crippen LogP contribution < -0.4 is 10.2 Å². The van der Waals surface area contributed by atoms with Crippen molar-refractivity contribution in [3.8, 4) is 0 Å². The van der Waals surface area contributed by atoms with Crippen LogP contribution in [-0.4, -0.2) is 30.0 Å². The lowest BCUT2D eigenvalue weighted by molar-refractivity contribution is -0.126. The van der Waals surface area contributed by atoms with E-state index in [0.717, 1.165) is 55.8 Å². The van der Waals surface area contributed by atoms with Gasteiger partial charge < -0.3 is 10.2 Å². The van der Waals surface area contributed by atoms with Crippen LogP contribution in [0, 0.1) is 5.92 Å². The van der Waals surface area contributed by atoms with Crippen molar-refractivity contribution < 1.29 is 4.79 Å². The van der Waals surface area contributed by atoms with Crippen molar-refractivity contribution in [2.24, 2.45) is 5.92 Å². The first-order valence-electron chi connectivity index (χ1n) is 9.67. The van der Waals surface area contributed by atoms with Gasteiger partial charge in [0.1, 0.15) is 0 Å². The summed E-state index contributed by atoms with van der Waals surface area (Å²) < 4.78 is 1.26. The second-order valence-corrected chi connectivity index (χ2v) is 8.41. The van der Waals surface area contributed by atoms with E-state index in [1.165, 1.54) is 23.1 Å². The normalized spacial score (nSPS) is 19.6.